The molecule has 7 nitrogen and oxygen atoms in total. The van der Waals surface area contributed by atoms with Crippen LogP contribution in [-0.2, 0) is 0 Å². The van der Waals surface area contributed by atoms with Gasteiger partial charge in [0.25, 0.3) is 0 Å². The van der Waals surface area contributed by atoms with Crippen molar-refractivity contribution in [3.8, 4) is 5.75 Å². The number of hydrogen-bond donors (Lipinski definition) is 3. The molecular weight excluding hydrogens is 280 g/mol. The first kappa shape index (κ1) is 12.5. The molecule has 0 bridgehead atoms. The highest BCUT2D eigenvalue weighted by Gasteiger charge is 2.09. The average molecular weight is 291 g/mol. The average Bonchev–Trinajstić information content (AvgIpc) is 2.87. The summed E-state index contributed by atoms with van der Waals surface area (Å²) < 4.78 is 5.11. The molecule has 0 saturated heterocycles. The quantitative estimate of drug-likeness (QED) is 0.684. The van der Waals surface area contributed by atoms with Gasteiger partial charge in [-0.05, 0) is 18.2 Å². The highest BCUT2D eigenvalue weighted by molar-refractivity contribution is 6.32. The SMILES string of the molecule is COc1ccc(Nc2nc(N)nc3nc[nH]c23)cc1Cl. The first-order valence-electron chi connectivity index (χ1n) is 5.74. The van der Waals surface area contributed by atoms with Crippen molar-refractivity contribution in [3.05, 3.63) is 29.5 Å². The van der Waals surface area contributed by atoms with Crippen LogP contribution in [0.2, 0.25) is 5.02 Å². The Labute approximate surface area is 119 Å². The van der Waals surface area contributed by atoms with E-state index >= 15 is 0 Å². The smallest absolute Gasteiger partial charge is 0.224 e. The van der Waals surface area contributed by atoms with E-state index in [1.807, 2.05) is 6.07 Å². The number of anilines is 3. The molecule has 1 aromatic carbocycles. The van der Waals surface area contributed by atoms with Crippen LogP contribution in [0.25, 0.3) is 11.2 Å². The fourth-order valence-corrected chi connectivity index (χ4v) is 2.08. The van der Waals surface area contributed by atoms with E-state index in [1.54, 1.807) is 19.2 Å². The molecular formula is C12H11ClN6O. The lowest BCUT2D eigenvalue weighted by Gasteiger charge is -2.09. The Hall–Kier alpha value is -2.54. The van der Waals surface area contributed by atoms with E-state index in [9.17, 15) is 0 Å². The van der Waals surface area contributed by atoms with E-state index in [-0.39, 0.29) is 5.95 Å². The van der Waals surface area contributed by atoms with Crippen LogP contribution in [0, 0.1) is 0 Å². The molecule has 2 aromatic heterocycles. The first-order valence-corrected chi connectivity index (χ1v) is 6.12. The fraction of sp³-hybridized carbons (Fsp3) is 0.0833. The van der Waals surface area contributed by atoms with Crippen LogP contribution in [0.3, 0.4) is 0 Å². The summed E-state index contributed by atoms with van der Waals surface area (Å²) >= 11 is 6.08. The summed E-state index contributed by atoms with van der Waals surface area (Å²) in [6.45, 7) is 0. The minimum Gasteiger partial charge on any atom is -0.495 e. The molecule has 0 aliphatic rings. The maximum atomic E-state index is 6.08. The number of H-pyrrole nitrogens is 1. The highest BCUT2D eigenvalue weighted by atomic mass is 35.5. The van der Waals surface area contributed by atoms with Gasteiger partial charge in [-0.1, -0.05) is 11.6 Å². The molecule has 0 unspecified atom stereocenters. The van der Waals surface area contributed by atoms with Crippen LogP contribution in [0.5, 0.6) is 5.75 Å². The number of aromatic amines is 1. The summed E-state index contributed by atoms with van der Waals surface area (Å²) in [4.78, 5) is 15.2. The van der Waals surface area contributed by atoms with Crippen LogP contribution in [-0.4, -0.2) is 27.0 Å². The maximum absolute atomic E-state index is 6.08. The Morgan fingerprint density at radius 3 is 2.95 bits per heavy atom. The molecule has 3 aromatic rings. The Balaban J connectivity index is 2.00. The second kappa shape index (κ2) is 4.86. The third-order valence-corrected chi connectivity index (χ3v) is 3.01. The van der Waals surface area contributed by atoms with Crippen molar-refractivity contribution in [3.63, 3.8) is 0 Å². The summed E-state index contributed by atoms with van der Waals surface area (Å²) in [6.07, 6.45) is 1.53. The van der Waals surface area contributed by atoms with Crippen LogP contribution in [0.15, 0.2) is 24.5 Å². The third kappa shape index (κ3) is 2.19. The molecule has 102 valence electrons. The largest absolute Gasteiger partial charge is 0.495 e. The molecule has 4 N–H and O–H groups in total. The zero-order chi connectivity index (χ0) is 14.1. The van der Waals surface area contributed by atoms with Crippen molar-refractivity contribution in [2.24, 2.45) is 0 Å². The number of ether oxygens (including phenoxy) is 1. The number of rotatable bonds is 3. The zero-order valence-corrected chi connectivity index (χ0v) is 11.3. The Bertz CT molecular complexity index is 772. The van der Waals surface area contributed by atoms with Crippen molar-refractivity contribution in [2.45, 2.75) is 0 Å². The van der Waals surface area contributed by atoms with Gasteiger partial charge in [-0.25, -0.2) is 4.98 Å². The van der Waals surface area contributed by atoms with Gasteiger partial charge in [-0.15, -0.1) is 0 Å². The number of nitrogen functional groups attached to an aromatic ring is 1. The molecule has 20 heavy (non-hydrogen) atoms. The molecule has 8 heteroatoms. The number of methoxy groups -OCH3 is 1. The van der Waals surface area contributed by atoms with E-state index in [1.165, 1.54) is 6.33 Å². The van der Waals surface area contributed by atoms with Gasteiger partial charge in [0.2, 0.25) is 5.95 Å². The lowest BCUT2D eigenvalue weighted by Crippen LogP contribution is -2.01. The molecule has 0 aliphatic carbocycles. The lowest BCUT2D eigenvalue weighted by molar-refractivity contribution is 0.415. The van der Waals surface area contributed by atoms with Gasteiger partial charge in [0.05, 0.1) is 18.5 Å². The minimum atomic E-state index is 0.145. The van der Waals surface area contributed by atoms with E-state index < -0.39 is 0 Å². The number of nitrogens with one attached hydrogen (secondary N) is 2. The van der Waals surface area contributed by atoms with Crippen LogP contribution in [0.4, 0.5) is 17.5 Å². The van der Waals surface area contributed by atoms with Gasteiger partial charge in [0.15, 0.2) is 11.5 Å². The summed E-state index contributed by atoms with van der Waals surface area (Å²) in [6, 6.07) is 5.32. The fourth-order valence-electron chi connectivity index (χ4n) is 1.82. The molecule has 0 atom stereocenters. The molecule has 0 aliphatic heterocycles. The minimum absolute atomic E-state index is 0.145. The van der Waals surface area contributed by atoms with Crippen LogP contribution >= 0.6 is 11.6 Å². The topological polar surface area (TPSA) is 102 Å². The van der Waals surface area contributed by atoms with E-state index in [0.29, 0.717) is 27.8 Å². The number of nitrogens with two attached hydrogens (primary N) is 1. The molecule has 2 heterocycles. The Morgan fingerprint density at radius 1 is 1.35 bits per heavy atom. The van der Waals surface area contributed by atoms with Crippen LogP contribution < -0.4 is 15.8 Å². The van der Waals surface area contributed by atoms with Crippen molar-refractivity contribution >= 4 is 40.2 Å². The normalized spacial score (nSPS) is 10.7. The van der Waals surface area contributed by atoms with Gasteiger partial charge in [-0.2, -0.15) is 9.97 Å². The van der Waals surface area contributed by atoms with Crippen molar-refractivity contribution in [1.29, 1.82) is 0 Å². The second-order valence-corrected chi connectivity index (χ2v) is 4.41. The number of imidazole rings is 1. The number of halogens is 1. The summed E-state index contributed by atoms with van der Waals surface area (Å²) in [5.74, 6) is 1.28. The monoisotopic (exact) mass is 290 g/mol. The molecule has 0 spiro atoms. The number of nitrogens with zero attached hydrogens (tertiary/aromatic N) is 3. The molecule has 0 fully saturated rings. The van der Waals surface area contributed by atoms with Gasteiger partial charge in [0, 0.05) is 5.69 Å². The third-order valence-electron chi connectivity index (χ3n) is 2.72. The van der Waals surface area contributed by atoms with Crippen molar-refractivity contribution < 1.29 is 4.74 Å². The van der Waals surface area contributed by atoms with Crippen molar-refractivity contribution in [2.75, 3.05) is 18.2 Å². The van der Waals surface area contributed by atoms with Gasteiger partial charge >= 0.3 is 0 Å². The van der Waals surface area contributed by atoms with Crippen LogP contribution in [0.1, 0.15) is 0 Å². The van der Waals surface area contributed by atoms with Gasteiger partial charge < -0.3 is 20.8 Å². The second-order valence-electron chi connectivity index (χ2n) is 4.01. The van der Waals surface area contributed by atoms with Gasteiger partial charge in [0.1, 0.15) is 11.3 Å². The number of benzene rings is 1. The maximum Gasteiger partial charge on any atom is 0.224 e. The predicted octanol–water partition coefficient (Wildman–Crippen LogP) is 2.34. The standard InChI is InChI=1S/C12H11ClN6O/c1-20-8-3-2-6(4-7(8)13)17-11-9-10(16-5-15-9)18-12(14)19-11/h2-5H,1H3,(H4,14,15,16,17,18,19). The Kier molecular flexibility index (Phi) is 3.03. The van der Waals surface area contributed by atoms with E-state index in [0.717, 1.165) is 5.69 Å². The number of fused-ring (bicyclic) bond motifs is 1. The van der Waals surface area contributed by atoms with Gasteiger partial charge in [-0.3, -0.25) is 0 Å². The lowest BCUT2D eigenvalue weighted by atomic mass is 10.3. The Morgan fingerprint density at radius 2 is 2.20 bits per heavy atom. The number of aromatic nitrogens is 4. The molecule has 0 radical (unpaired) electrons. The first-order chi connectivity index (χ1) is 9.67. The summed E-state index contributed by atoms with van der Waals surface area (Å²) in [5.41, 5.74) is 7.58. The molecule has 0 saturated carbocycles. The molecule has 3 rings (SSSR count). The highest BCUT2D eigenvalue weighted by Crippen LogP contribution is 2.29. The number of hydrogen-bond acceptors (Lipinski definition) is 6. The van der Waals surface area contributed by atoms with E-state index in [4.69, 9.17) is 22.1 Å². The summed E-state index contributed by atoms with van der Waals surface area (Å²) in [5, 5.41) is 3.62. The predicted molar refractivity (Wildman–Crippen MR) is 77.4 cm³/mol. The molecule has 0 amide bonds. The van der Waals surface area contributed by atoms with Crippen molar-refractivity contribution in [1.82, 2.24) is 19.9 Å². The summed E-state index contributed by atoms with van der Waals surface area (Å²) in [7, 11) is 1.56. The zero-order valence-electron chi connectivity index (χ0n) is 10.5. The van der Waals surface area contributed by atoms with E-state index in [2.05, 4.69) is 25.3 Å².